The molecule has 0 amide bonds. The number of halogens is 1. The summed E-state index contributed by atoms with van der Waals surface area (Å²) in [4.78, 5) is 0. The molecule has 0 aliphatic carbocycles. The molecule has 0 bridgehead atoms. The van der Waals surface area contributed by atoms with Gasteiger partial charge in [-0.1, -0.05) is 55.8 Å². The van der Waals surface area contributed by atoms with Crippen LogP contribution in [0.4, 0.5) is 4.39 Å². The van der Waals surface area contributed by atoms with Crippen molar-refractivity contribution in [3.8, 4) is 17.2 Å². The molecule has 1 unspecified atom stereocenters. The second-order valence-electron chi connectivity index (χ2n) is 7.69. The molecule has 0 heterocycles. The topological polar surface area (TPSA) is 18.5 Å². The summed E-state index contributed by atoms with van der Waals surface area (Å²) < 4.78 is 25.6. The van der Waals surface area contributed by atoms with Crippen LogP contribution in [0, 0.1) is 5.82 Å². The standard InChI is InChI=1S/C28H31FO2/c1-3-5-20-30-25-17-15-24(16-18-25)23(4-2)11-9-10-22-14-19-27(29)28(21-22)31-26-12-7-6-8-13-26/h4,6-8,12-19,21,23H,2-3,5,9-11,20H2,1H3. The van der Waals surface area contributed by atoms with Gasteiger partial charge < -0.3 is 9.47 Å². The van der Waals surface area contributed by atoms with Crippen molar-refractivity contribution in [1.82, 2.24) is 0 Å². The third-order valence-electron chi connectivity index (χ3n) is 5.31. The Kier molecular flexibility index (Phi) is 8.71. The number of aryl methyl sites for hydroxylation is 1. The van der Waals surface area contributed by atoms with Gasteiger partial charge in [-0.3, -0.25) is 0 Å². The Balaban J connectivity index is 1.54. The third kappa shape index (κ3) is 6.99. The SMILES string of the molecule is C=CC(CCCc1ccc(F)c(Oc2ccccc2)c1)c1ccc(OCCCC)cc1. The van der Waals surface area contributed by atoms with Crippen molar-refractivity contribution in [2.75, 3.05) is 6.61 Å². The molecule has 3 aromatic carbocycles. The molecule has 1 atom stereocenters. The highest BCUT2D eigenvalue weighted by atomic mass is 19.1. The van der Waals surface area contributed by atoms with Gasteiger partial charge in [0, 0.05) is 5.92 Å². The number of ether oxygens (including phenoxy) is 2. The summed E-state index contributed by atoms with van der Waals surface area (Å²) >= 11 is 0. The van der Waals surface area contributed by atoms with Crippen LogP contribution in [0.3, 0.4) is 0 Å². The summed E-state index contributed by atoms with van der Waals surface area (Å²) in [6.45, 7) is 6.93. The highest BCUT2D eigenvalue weighted by molar-refractivity contribution is 5.35. The molecule has 0 N–H and O–H groups in total. The summed E-state index contributed by atoms with van der Waals surface area (Å²) in [7, 11) is 0. The van der Waals surface area contributed by atoms with Crippen LogP contribution < -0.4 is 9.47 Å². The van der Waals surface area contributed by atoms with Gasteiger partial charge in [0.2, 0.25) is 0 Å². The van der Waals surface area contributed by atoms with Gasteiger partial charge in [-0.25, -0.2) is 4.39 Å². The van der Waals surface area contributed by atoms with Gasteiger partial charge in [-0.2, -0.15) is 0 Å². The van der Waals surface area contributed by atoms with E-state index in [1.165, 1.54) is 11.6 Å². The summed E-state index contributed by atoms with van der Waals surface area (Å²) in [5, 5.41) is 0. The van der Waals surface area contributed by atoms with Gasteiger partial charge >= 0.3 is 0 Å². The van der Waals surface area contributed by atoms with E-state index in [9.17, 15) is 4.39 Å². The number of hydrogen-bond acceptors (Lipinski definition) is 2. The van der Waals surface area contributed by atoms with Crippen molar-refractivity contribution in [1.29, 1.82) is 0 Å². The van der Waals surface area contributed by atoms with Crippen LogP contribution in [0.5, 0.6) is 17.2 Å². The second-order valence-corrected chi connectivity index (χ2v) is 7.69. The minimum atomic E-state index is -0.349. The fraction of sp³-hybridized carbons (Fsp3) is 0.286. The minimum Gasteiger partial charge on any atom is -0.494 e. The van der Waals surface area contributed by atoms with Crippen molar-refractivity contribution in [3.05, 3.63) is 102 Å². The number of hydrogen-bond donors (Lipinski definition) is 0. The van der Waals surface area contributed by atoms with E-state index in [0.29, 0.717) is 5.75 Å². The number of allylic oxidation sites excluding steroid dienone is 1. The Bertz CT molecular complexity index is 935. The molecule has 0 aliphatic heterocycles. The molecular weight excluding hydrogens is 387 g/mol. The molecule has 3 aromatic rings. The first kappa shape index (κ1) is 22.6. The summed E-state index contributed by atoms with van der Waals surface area (Å²) in [5.41, 5.74) is 2.31. The molecule has 31 heavy (non-hydrogen) atoms. The zero-order valence-electron chi connectivity index (χ0n) is 18.2. The zero-order chi connectivity index (χ0) is 21.9. The third-order valence-corrected chi connectivity index (χ3v) is 5.31. The van der Waals surface area contributed by atoms with Crippen LogP contribution in [0.1, 0.15) is 49.7 Å². The highest BCUT2D eigenvalue weighted by Gasteiger charge is 2.10. The van der Waals surface area contributed by atoms with Crippen molar-refractivity contribution in [2.45, 2.75) is 44.9 Å². The minimum absolute atomic E-state index is 0.266. The van der Waals surface area contributed by atoms with Gasteiger partial charge in [0.15, 0.2) is 11.6 Å². The van der Waals surface area contributed by atoms with Crippen molar-refractivity contribution >= 4 is 0 Å². The molecule has 0 spiro atoms. The van der Waals surface area contributed by atoms with Gasteiger partial charge in [0.25, 0.3) is 0 Å². The summed E-state index contributed by atoms with van der Waals surface area (Å²) in [6.07, 6.45) is 7.01. The quantitative estimate of drug-likeness (QED) is 0.218. The molecular formula is C28H31FO2. The van der Waals surface area contributed by atoms with E-state index >= 15 is 0 Å². The average molecular weight is 419 g/mol. The van der Waals surface area contributed by atoms with Gasteiger partial charge in [-0.05, 0) is 73.2 Å². The Morgan fingerprint density at radius 3 is 2.42 bits per heavy atom. The van der Waals surface area contributed by atoms with Crippen LogP contribution in [-0.4, -0.2) is 6.61 Å². The maximum atomic E-state index is 14.2. The van der Waals surface area contributed by atoms with E-state index in [2.05, 4.69) is 25.6 Å². The largest absolute Gasteiger partial charge is 0.494 e. The van der Waals surface area contributed by atoms with Crippen LogP contribution >= 0.6 is 0 Å². The smallest absolute Gasteiger partial charge is 0.165 e. The summed E-state index contributed by atoms with van der Waals surface area (Å²) in [6, 6.07) is 22.7. The lowest BCUT2D eigenvalue weighted by Crippen LogP contribution is -1.99. The molecule has 3 heteroatoms. The van der Waals surface area contributed by atoms with E-state index in [0.717, 1.165) is 50.0 Å². The molecule has 2 nitrogen and oxygen atoms in total. The normalized spacial score (nSPS) is 11.7. The fourth-order valence-corrected chi connectivity index (χ4v) is 3.49. The Hall–Kier alpha value is -3.07. The lowest BCUT2D eigenvalue weighted by molar-refractivity contribution is 0.309. The molecule has 0 radical (unpaired) electrons. The van der Waals surface area contributed by atoms with E-state index < -0.39 is 0 Å². The van der Waals surface area contributed by atoms with E-state index in [1.54, 1.807) is 6.07 Å². The number of rotatable bonds is 12. The predicted octanol–water partition coefficient (Wildman–Crippen LogP) is 8.09. The Morgan fingerprint density at radius 2 is 1.71 bits per heavy atom. The number of benzene rings is 3. The van der Waals surface area contributed by atoms with Crippen LogP contribution in [0.25, 0.3) is 0 Å². The van der Waals surface area contributed by atoms with Gasteiger partial charge in [0.05, 0.1) is 6.61 Å². The van der Waals surface area contributed by atoms with E-state index in [4.69, 9.17) is 9.47 Å². The zero-order valence-corrected chi connectivity index (χ0v) is 18.2. The molecule has 0 saturated carbocycles. The molecule has 0 aliphatic rings. The first-order valence-corrected chi connectivity index (χ1v) is 11.1. The first-order chi connectivity index (χ1) is 15.2. The summed E-state index contributed by atoms with van der Waals surface area (Å²) in [5.74, 6) is 1.75. The monoisotopic (exact) mass is 418 g/mol. The maximum Gasteiger partial charge on any atom is 0.165 e. The Morgan fingerprint density at radius 1 is 0.935 bits per heavy atom. The van der Waals surface area contributed by atoms with E-state index in [-0.39, 0.29) is 17.5 Å². The Labute approximate surface area is 185 Å². The lowest BCUT2D eigenvalue weighted by Gasteiger charge is -2.14. The van der Waals surface area contributed by atoms with Crippen LogP contribution in [0.2, 0.25) is 0 Å². The number of unbranched alkanes of at least 4 members (excludes halogenated alkanes) is 1. The lowest BCUT2D eigenvalue weighted by atomic mass is 9.92. The van der Waals surface area contributed by atoms with Crippen LogP contribution in [-0.2, 0) is 6.42 Å². The molecule has 0 fully saturated rings. The molecule has 162 valence electrons. The van der Waals surface area contributed by atoms with Crippen molar-refractivity contribution in [2.24, 2.45) is 0 Å². The fourth-order valence-electron chi connectivity index (χ4n) is 3.49. The molecule has 0 saturated heterocycles. The van der Waals surface area contributed by atoms with E-state index in [1.807, 2.05) is 54.6 Å². The number of para-hydroxylation sites is 1. The van der Waals surface area contributed by atoms with Crippen molar-refractivity contribution in [3.63, 3.8) is 0 Å². The maximum absolute atomic E-state index is 14.2. The van der Waals surface area contributed by atoms with Crippen LogP contribution in [0.15, 0.2) is 85.5 Å². The van der Waals surface area contributed by atoms with Crippen molar-refractivity contribution < 1.29 is 13.9 Å². The highest BCUT2D eigenvalue weighted by Crippen LogP contribution is 2.28. The van der Waals surface area contributed by atoms with Gasteiger partial charge in [0.1, 0.15) is 11.5 Å². The molecule has 0 aromatic heterocycles. The van der Waals surface area contributed by atoms with Gasteiger partial charge in [-0.15, -0.1) is 6.58 Å². The second kappa shape index (κ2) is 11.9. The average Bonchev–Trinajstić information content (AvgIpc) is 2.80. The molecule has 3 rings (SSSR count). The predicted molar refractivity (Wildman–Crippen MR) is 126 cm³/mol. The first-order valence-electron chi connectivity index (χ1n) is 11.1.